The molecule has 0 unspecified atom stereocenters. The quantitative estimate of drug-likeness (QED) is 0.242. The molecule has 0 aromatic carbocycles. The van der Waals surface area contributed by atoms with Crippen molar-refractivity contribution in [3.8, 4) is 0 Å². The smallest absolute Gasteiger partial charge is 0.373 e. The van der Waals surface area contributed by atoms with Gasteiger partial charge >= 0.3 is 6.15 Å². The molecule has 0 rings (SSSR count). The molecule has 0 saturated carbocycles. The first-order valence-corrected chi connectivity index (χ1v) is 2.82. The zero-order valence-electron chi connectivity index (χ0n) is 5.07. The molecule has 0 aliphatic carbocycles. The van der Waals surface area contributed by atoms with Crippen LogP contribution in [0.25, 0.3) is 0 Å². The number of carbonyl (C=O) groups is 1. The third-order valence-electron chi connectivity index (χ3n) is 0.365. The molecule has 0 spiro atoms. The molecule has 0 amide bonds. The summed E-state index contributed by atoms with van der Waals surface area (Å²) in [7, 11) is 0. The predicted octanol–water partition coefficient (Wildman–Crippen LogP) is -0.990. The van der Waals surface area contributed by atoms with E-state index in [1.54, 1.807) is 0 Å². The normalized spacial score (nSPS) is 6.50. The molecule has 1 N–H and O–H groups in total. The average Bonchev–Trinajstić information content (AvgIpc) is 1.91. The summed E-state index contributed by atoms with van der Waals surface area (Å²) in [4.78, 5) is 25.6. The Balaban J connectivity index is 0. The van der Waals surface area contributed by atoms with Crippen LogP contribution in [0.3, 0.4) is 0 Å². The van der Waals surface area contributed by atoms with Gasteiger partial charge in [0.1, 0.15) is 6.73 Å². The Kier molecular flexibility index (Phi) is 18.7. The lowest BCUT2D eigenvalue weighted by Crippen LogP contribution is -2.14. The van der Waals surface area contributed by atoms with Gasteiger partial charge in [0, 0.05) is 5.88 Å². The minimum atomic E-state index is 0.243. The van der Waals surface area contributed by atoms with Crippen molar-refractivity contribution in [1.82, 2.24) is 5.32 Å². The zero-order chi connectivity index (χ0) is 8.24. The number of thiol groups is 1. The lowest BCUT2D eigenvalue weighted by Gasteiger charge is -1.94. The third-order valence-corrected chi connectivity index (χ3v) is 0.589. The average molecular weight is 165 g/mol. The van der Waals surface area contributed by atoms with Crippen molar-refractivity contribution in [2.45, 2.75) is 0 Å². The van der Waals surface area contributed by atoms with E-state index in [2.05, 4.69) is 22.7 Å². The van der Waals surface area contributed by atoms with E-state index in [4.69, 9.17) is 9.59 Å². The summed E-state index contributed by atoms with van der Waals surface area (Å²) >= 11 is 3.79. The molecule has 0 aromatic rings. The van der Waals surface area contributed by atoms with E-state index in [0.717, 1.165) is 0 Å². The van der Waals surface area contributed by atoms with Gasteiger partial charge in [-0.3, -0.25) is 10.1 Å². The minimum absolute atomic E-state index is 0.243. The van der Waals surface area contributed by atoms with Gasteiger partial charge < -0.3 is 4.74 Å². The van der Waals surface area contributed by atoms with E-state index in [0.29, 0.717) is 12.3 Å². The van der Waals surface area contributed by atoms with E-state index < -0.39 is 0 Å². The summed E-state index contributed by atoms with van der Waals surface area (Å²) in [5.74, 6) is 0.522. The van der Waals surface area contributed by atoms with E-state index in [9.17, 15) is 4.79 Å². The van der Waals surface area contributed by atoms with Gasteiger partial charge in [-0.2, -0.15) is 22.2 Å². The second-order valence-electron chi connectivity index (χ2n) is 0.899. The highest BCUT2D eigenvalue weighted by molar-refractivity contribution is 7.80. The first-order valence-electron chi connectivity index (χ1n) is 2.19. The van der Waals surface area contributed by atoms with E-state index >= 15 is 0 Å². The maximum atomic E-state index is 9.39. The Labute approximate surface area is 63.1 Å². The highest BCUT2D eigenvalue weighted by atomic mass is 32.1. The molecule has 5 nitrogen and oxygen atoms in total. The van der Waals surface area contributed by atoms with E-state index in [1.165, 1.54) is 0 Å². The Morgan fingerprint density at radius 1 is 1.60 bits per heavy atom. The molecule has 0 bridgehead atoms. The maximum Gasteiger partial charge on any atom is 0.373 e. The van der Waals surface area contributed by atoms with Crippen LogP contribution in [0.1, 0.15) is 0 Å². The fourth-order valence-corrected chi connectivity index (χ4v) is 0.230. The molecule has 0 heterocycles. The van der Waals surface area contributed by atoms with Gasteiger partial charge in [-0.25, -0.2) is 0 Å². The summed E-state index contributed by atoms with van der Waals surface area (Å²) in [6, 6.07) is 0. The molecule has 0 aliphatic heterocycles. The first-order chi connectivity index (χ1) is 4.83. The monoisotopic (exact) mass is 165 g/mol. The highest BCUT2D eigenvalue weighted by Crippen LogP contribution is 1.63. The molecule has 0 aromatic heterocycles. The fraction of sp³-hybridized carbons (Fsp3) is 0.500. The molecular formula is C4H7NO4S. The summed E-state index contributed by atoms with van der Waals surface area (Å²) < 4.78 is 4.23. The Hall–Kier alpha value is -0.840. The Morgan fingerprint density at radius 3 is 2.40 bits per heavy atom. The lowest BCUT2D eigenvalue weighted by atomic mass is 11.1. The van der Waals surface area contributed by atoms with Gasteiger partial charge in [-0.05, 0) is 0 Å². The summed E-state index contributed by atoms with van der Waals surface area (Å²) in [5.41, 5.74) is 0. The molecule has 0 radical (unpaired) electrons. The number of ether oxygens (including phenoxy) is 1. The number of rotatable bonds is 4. The zero-order valence-corrected chi connectivity index (χ0v) is 5.97. The van der Waals surface area contributed by atoms with Gasteiger partial charge in [0.05, 0.1) is 0 Å². The second kappa shape index (κ2) is 15.7. The lowest BCUT2D eigenvalue weighted by molar-refractivity contribution is -0.191. The SMILES string of the molecule is O=C=O.O=COCNCS. The van der Waals surface area contributed by atoms with Gasteiger partial charge in [-0.15, -0.1) is 0 Å². The van der Waals surface area contributed by atoms with Crippen LogP contribution in [-0.2, 0) is 19.1 Å². The summed E-state index contributed by atoms with van der Waals surface area (Å²) in [6.45, 7) is 0.628. The van der Waals surface area contributed by atoms with Crippen molar-refractivity contribution >= 4 is 25.3 Å². The van der Waals surface area contributed by atoms with Gasteiger partial charge in [0.2, 0.25) is 0 Å². The number of carbonyl (C=O) groups excluding carboxylic acids is 3. The summed E-state index contributed by atoms with van der Waals surface area (Å²) in [5, 5.41) is 2.66. The third kappa shape index (κ3) is 27.2. The Bertz CT molecular complexity index is 101. The van der Waals surface area contributed by atoms with Crippen LogP contribution in [0.15, 0.2) is 0 Å². The van der Waals surface area contributed by atoms with Crippen LogP contribution < -0.4 is 5.32 Å². The molecule has 10 heavy (non-hydrogen) atoms. The molecule has 6 heteroatoms. The van der Waals surface area contributed by atoms with Crippen LogP contribution >= 0.6 is 12.6 Å². The standard InChI is InChI=1S/C3H7NO2S.CO2/c5-3-6-1-4-2-7;2-1-3/h3-4,7H,1-2H2;. The van der Waals surface area contributed by atoms with Crippen molar-refractivity contribution in [3.63, 3.8) is 0 Å². The van der Waals surface area contributed by atoms with Crippen molar-refractivity contribution in [2.24, 2.45) is 0 Å². The molecular weight excluding hydrogens is 158 g/mol. The van der Waals surface area contributed by atoms with Gasteiger partial charge in [0.25, 0.3) is 6.47 Å². The van der Waals surface area contributed by atoms with Crippen LogP contribution in [0.4, 0.5) is 0 Å². The largest absolute Gasteiger partial charge is 0.452 e. The molecule has 0 saturated heterocycles. The number of hydrogen-bond donors (Lipinski definition) is 2. The molecule has 58 valence electrons. The van der Waals surface area contributed by atoms with Crippen molar-refractivity contribution in [2.75, 3.05) is 12.6 Å². The second-order valence-corrected chi connectivity index (χ2v) is 1.21. The van der Waals surface area contributed by atoms with Crippen molar-refractivity contribution in [3.05, 3.63) is 0 Å². The predicted molar refractivity (Wildman–Crippen MR) is 34.0 cm³/mol. The molecule has 0 aliphatic rings. The molecule has 0 fully saturated rings. The van der Waals surface area contributed by atoms with Crippen LogP contribution in [-0.4, -0.2) is 25.2 Å². The Morgan fingerprint density at radius 2 is 2.10 bits per heavy atom. The first kappa shape index (κ1) is 11.9. The molecule has 0 atom stereocenters. The van der Waals surface area contributed by atoms with Crippen LogP contribution in [0.2, 0.25) is 0 Å². The minimum Gasteiger partial charge on any atom is -0.452 e. The fourth-order valence-electron chi connectivity index (χ4n) is 0.139. The van der Waals surface area contributed by atoms with E-state index in [1.807, 2.05) is 0 Å². The topological polar surface area (TPSA) is 72.5 Å². The number of nitrogens with one attached hydrogen (secondary N) is 1. The van der Waals surface area contributed by atoms with Crippen LogP contribution in [0.5, 0.6) is 0 Å². The van der Waals surface area contributed by atoms with Crippen molar-refractivity contribution in [1.29, 1.82) is 0 Å². The van der Waals surface area contributed by atoms with Gasteiger partial charge in [0.15, 0.2) is 0 Å². The number of hydrogen-bond acceptors (Lipinski definition) is 6. The summed E-state index contributed by atoms with van der Waals surface area (Å²) in [6.07, 6.45) is 0.250. The van der Waals surface area contributed by atoms with Crippen LogP contribution in [0, 0.1) is 0 Å². The van der Waals surface area contributed by atoms with E-state index in [-0.39, 0.29) is 12.9 Å². The van der Waals surface area contributed by atoms with Gasteiger partial charge in [-0.1, -0.05) is 0 Å². The highest BCUT2D eigenvalue weighted by Gasteiger charge is 1.74. The maximum absolute atomic E-state index is 9.39. The van der Waals surface area contributed by atoms with Crippen molar-refractivity contribution < 1.29 is 19.1 Å².